The third-order valence-corrected chi connectivity index (χ3v) is 5.59. The van der Waals surface area contributed by atoms with Gasteiger partial charge < -0.3 is 16.0 Å². The number of imide groups is 1. The molecule has 0 radical (unpaired) electrons. The molecule has 1 saturated carbocycles. The minimum atomic E-state index is -0.842. The first-order valence-corrected chi connectivity index (χ1v) is 9.35. The molecule has 1 spiro atoms. The van der Waals surface area contributed by atoms with Gasteiger partial charge in [-0.05, 0) is 50.0 Å². The van der Waals surface area contributed by atoms with Crippen LogP contribution in [0, 0.1) is 11.3 Å². The number of nitrogens with one attached hydrogen (secondary N) is 3. The molecular formula is C18H31ClN4O3. The highest BCUT2D eigenvalue weighted by Crippen LogP contribution is 2.46. The van der Waals surface area contributed by atoms with Gasteiger partial charge in [-0.2, -0.15) is 0 Å². The van der Waals surface area contributed by atoms with Gasteiger partial charge in [-0.3, -0.25) is 14.5 Å². The van der Waals surface area contributed by atoms with Crippen LogP contribution < -0.4 is 16.0 Å². The molecule has 8 heteroatoms. The van der Waals surface area contributed by atoms with Crippen LogP contribution in [-0.2, 0) is 9.59 Å². The third kappa shape index (κ3) is 4.31. The summed E-state index contributed by atoms with van der Waals surface area (Å²) in [7, 11) is 0. The molecule has 26 heavy (non-hydrogen) atoms. The lowest BCUT2D eigenvalue weighted by atomic mass is 9.64. The number of urea groups is 1. The van der Waals surface area contributed by atoms with Gasteiger partial charge in [0.25, 0.3) is 5.91 Å². The van der Waals surface area contributed by atoms with E-state index < -0.39 is 11.6 Å². The molecule has 7 nitrogen and oxygen atoms in total. The molecule has 0 bridgehead atoms. The highest BCUT2D eigenvalue weighted by Gasteiger charge is 2.56. The summed E-state index contributed by atoms with van der Waals surface area (Å²) < 4.78 is 0. The van der Waals surface area contributed by atoms with Crippen molar-refractivity contribution >= 4 is 30.3 Å². The van der Waals surface area contributed by atoms with Crippen molar-refractivity contribution in [2.75, 3.05) is 19.6 Å². The number of rotatable bonds is 3. The van der Waals surface area contributed by atoms with Crippen molar-refractivity contribution in [3.8, 4) is 0 Å². The molecular weight excluding hydrogens is 356 g/mol. The predicted molar refractivity (Wildman–Crippen MR) is 101 cm³/mol. The number of amides is 4. The Bertz CT molecular complexity index is 577. The minimum Gasteiger partial charge on any atom is -0.351 e. The average molecular weight is 387 g/mol. The highest BCUT2D eigenvalue weighted by atomic mass is 35.5. The number of carbonyl (C=O) groups excluding carboxylic acids is 3. The van der Waals surface area contributed by atoms with Crippen molar-refractivity contribution in [3.63, 3.8) is 0 Å². The van der Waals surface area contributed by atoms with Crippen LogP contribution in [0.3, 0.4) is 0 Å². The van der Waals surface area contributed by atoms with Crippen LogP contribution in [0.1, 0.15) is 52.9 Å². The summed E-state index contributed by atoms with van der Waals surface area (Å²) >= 11 is 0. The highest BCUT2D eigenvalue weighted by molar-refractivity contribution is 6.09. The van der Waals surface area contributed by atoms with Gasteiger partial charge in [-0.15, -0.1) is 12.4 Å². The van der Waals surface area contributed by atoms with Gasteiger partial charge >= 0.3 is 6.03 Å². The fourth-order valence-corrected chi connectivity index (χ4v) is 5.04. The van der Waals surface area contributed by atoms with Crippen LogP contribution in [0.25, 0.3) is 0 Å². The van der Waals surface area contributed by atoms with Gasteiger partial charge in [0.15, 0.2) is 0 Å². The molecule has 148 valence electrons. The van der Waals surface area contributed by atoms with E-state index in [4.69, 9.17) is 0 Å². The molecule has 3 N–H and O–H groups in total. The molecule has 1 aliphatic carbocycles. The minimum absolute atomic E-state index is 0. The molecule has 0 aromatic carbocycles. The molecule has 4 amide bonds. The van der Waals surface area contributed by atoms with Crippen molar-refractivity contribution in [3.05, 3.63) is 0 Å². The van der Waals surface area contributed by atoms with E-state index >= 15 is 0 Å². The van der Waals surface area contributed by atoms with Crippen LogP contribution in [0.15, 0.2) is 0 Å². The Labute approximate surface area is 161 Å². The lowest BCUT2D eigenvalue weighted by molar-refractivity contribution is -0.137. The maximum atomic E-state index is 13.0. The maximum Gasteiger partial charge on any atom is 0.325 e. The Morgan fingerprint density at radius 2 is 2.04 bits per heavy atom. The number of nitrogens with zero attached hydrogens (tertiary/aromatic N) is 1. The van der Waals surface area contributed by atoms with E-state index in [-0.39, 0.29) is 42.2 Å². The SMILES string of the molecule is CC1CC(C)(C)CC2(C1)NC(=O)N(CC(=O)N[C@H]1CCCNC1)C2=O.Cl. The van der Waals surface area contributed by atoms with Gasteiger partial charge in [0.1, 0.15) is 12.1 Å². The second-order valence-electron chi connectivity index (χ2n) is 8.87. The zero-order valence-electron chi connectivity index (χ0n) is 15.9. The lowest BCUT2D eigenvalue weighted by Gasteiger charge is -2.43. The van der Waals surface area contributed by atoms with Gasteiger partial charge in [-0.25, -0.2) is 4.79 Å². The fourth-order valence-electron chi connectivity index (χ4n) is 5.04. The Balaban J connectivity index is 0.00000243. The number of hydrogen-bond acceptors (Lipinski definition) is 4. The molecule has 3 aliphatic rings. The third-order valence-electron chi connectivity index (χ3n) is 5.59. The summed E-state index contributed by atoms with van der Waals surface area (Å²) in [6.45, 7) is 7.90. The van der Waals surface area contributed by atoms with Crippen LogP contribution in [0.5, 0.6) is 0 Å². The van der Waals surface area contributed by atoms with Crippen molar-refractivity contribution in [2.24, 2.45) is 11.3 Å². The van der Waals surface area contributed by atoms with E-state index in [0.29, 0.717) is 18.8 Å². The van der Waals surface area contributed by atoms with E-state index in [1.165, 1.54) is 0 Å². The molecule has 3 atom stereocenters. The predicted octanol–water partition coefficient (Wildman–Crippen LogP) is 1.41. The molecule has 3 rings (SSSR count). The van der Waals surface area contributed by atoms with Crippen LogP contribution in [-0.4, -0.2) is 54.0 Å². The topological polar surface area (TPSA) is 90.5 Å². The van der Waals surface area contributed by atoms with Gasteiger partial charge in [0, 0.05) is 12.6 Å². The first kappa shape index (κ1) is 21.0. The second-order valence-corrected chi connectivity index (χ2v) is 8.87. The molecule has 2 aliphatic heterocycles. The molecule has 0 aromatic heterocycles. The normalized spacial score (nSPS) is 33.6. The Morgan fingerprint density at radius 3 is 2.65 bits per heavy atom. The van der Waals surface area contributed by atoms with Crippen molar-refractivity contribution < 1.29 is 14.4 Å². The standard InChI is InChI=1S/C18H30N4O3.ClH/c1-12-7-17(2,3)11-18(8-12)15(24)22(16(25)21-18)10-14(23)20-13-5-4-6-19-9-13;/h12-13,19H,4-11H2,1-3H3,(H,20,23)(H,21,25);1H/t12?,13-,18?;/m0./s1. The van der Waals surface area contributed by atoms with E-state index in [0.717, 1.165) is 37.3 Å². The number of piperidine rings is 1. The number of hydrogen-bond donors (Lipinski definition) is 3. The van der Waals surface area contributed by atoms with E-state index in [1.54, 1.807) is 0 Å². The first-order chi connectivity index (χ1) is 11.7. The fraction of sp³-hybridized carbons (Fsp3) is 0.833. The van der Waals surface area contributed by atoms with Crippen LogP contribution >= 0.6 is 12.4 Å². The number of carbonyl (C=O) groups is 3. The van der Waals surface area contributed by atoms with Gasteiger partial charge in [0.05, 0.1) is 0 Å². The summed E-state index contributed by atoms with van der Waals surface area (Å²) in [5.74, 6) is -0.151. The summed E-state index contributed by atoms with van der Waals surface area (Å²) in [5.41, 5.74) is -0.850. The van der Waals surface area contributed by atoms with Crippen LogP contribution in [0.4, 0.5) is 4.79 Å². The van der Waals surface area contributed by atoms with E-state index in [2.05, 4.69) is 36.7 Å². The average Bonchev–Trinajstić information content (AvgIpc) is 2.70. The second kappa shape index (κ2) is 7.72. The lowest BCUT2D eigenvalue weighted by Crippen LogP contribution is -2.54. The molecule has 3 fully saturated rings. The Morgan fingerprint density at radius 1 is 1.31 bits per heavy atom. The zero-order valence-corrected chi connectivity index (χ0v) is 16.7. The van der Waals surface area contributed by atoms with Crippen molar-refractivity contribution in [2.45, 2.75) is 64.5 Å². The molecule has 2 unspecified atom stereocenters. The summed E-state index contributed by atoms with van der Waals surface area (Å²) in [4.78, 5) is 38.8. The van der Waals surface area contributed by atoms with Crippen molar-refractivity contribution in [1.82, 2.24) is 20.9 Å². The van der Waals surface area contributed by atoms with Crippen LogP contribution in [0.2, 0.25) is 0 Å². The van der Waals surface area contributed by atoms with E-state index in [1.807, 2.05) is 0 Å². The van der Waals surface area contributed by atoms with Gasteiger partial charge in [0.2, 0.25) is 5.91 Å². The van der Waals surface area contributed by atoms with Gasteiger partial charge in [-0.1, -0.05) is 20.8 Å². The summed E-state index contributed by atoms with van der Waals surface area (Å²) in [6.07, 6.45) is 4.25. The Kier molecular flexibility index (Phi) is 6.23. The zero-order chi connectivity index (χ0) is 18.2. The summed E-state index contributed by atoms with van der Waals surface area (Å²) in [5, 5.41) is 9.07. The monoisotopic (exact) mass is 386 g/mol. The number of halogens is 1. The summed E-state index contributed by atoms with van der Waals surface area (Å²) in [6, 6.07) is -0.364. The molecule has 2 heterocycles. The van der Waals surface area contributed by atoms with Crippen molar-refractivity contribution in [1.29, 1.82) is 0 Å². The quantitative estimate of drug-likeness (QED) is 0.640. The molecule has 2 saturated heterocycles. The maximum absolute atomic E-state index is 13.0. The smallest absolute Gasteiger partial charge is 0.325 e. The van der Waals surface area contributed by atoms with E-state index in [9.17, 15) is 14.4 Å². The Hall–Kier alpha value is -1.34. The largest absolute Gasteiger partial charge is 0.351 e. The first-order valence-electron chi connectivity index (χ1n) is 9.35. The molecule has 0 aromatic rings.